The first-order valence-corrected chi connectivity index (χ1v) is 12.2. The van der Waals surface area contributed by atoms with Crippen LogP contribution in [0.4, 0.5) is 11.4 Å². The van der Waals surface area contributed by atoms with Crippen LogP contribution in [0.25, 0.3) is 0 Å². The first-order valence-electron chi connectivity index (χ1n) is 10.8. The number of nitrogens with zero attached hydrogens (tertiary/aromatic N) is 1. The number of sulfonamides is 1. The summed E-state index contributed by atoms with van der Waals surface area (Å²) >= 11 is 0. The van der Waals surface area contributed by atoms with E-state index < -0.39 is 28.4 Å². The molecule has 0 spiro atoms. The fourth-order valence-corrected chi connectivity index (χ4v) is 5.57. The van der Waals surface area contributed by atoms with Gasteiger partial charge in [0.15, 0.2) is 19.0 Å². The van der Waals surface area contributed by atoms with E-state index in [9.17, 15) is 22.8 Å². The standard InChI is InChI=1S/C25H20N2O7S/c28-22(17-8-9-23-20(13-17)26-24(29)15-33-23)14-34-25(30)18-5-3-6-19(12-18)35(31,32)27-11-10-16-4-1-2-7-21(16)27/h1-9,12-13H,10-11,14-15H2,(H,26,29). The Morgan fingerprint density at radius 1 is 1.00 bits per heavy atom. The molecule has 2 aliphatic rings. The van der Waals surface area contributed by atoms with Gasteiger partial charge in [-0.15, -0.1) is 0 Å². The molecule has 0 fully saturated rings. The molecular formula is C25H20N2O7S. The third-order valence-corrected chi connectivity index (χ3v) is 7.58. The lowest BCUT2D eigenvalue weighted by atomic mass is 10.1. The monoisotopic (exact) mass is 492 g/mol. The third kappa shape index (κ3) is 4.35. The predicted molar refractivity (Wildman–Crippen MR) is 126 cm³/mol. The summed E-state index contributed by atoms with van der Waals surface area (Å²) in [6, 6.07) is 17.3. The van der Waals surface area contributed by atoms with Gasteiger partial charge in [0, 0.05) is 12.1 Å². The fraction of sp³-hybridized carbons (Fsp3) is 0.160. The number of nitrogens with one attached hydrogen (secondary N) is 1. The lowest BCUT2D eigenvalue weighted by molar-refractivity contribution is -0.118. The van der Waals surface area contributed by atoms with Gasteiger partial charge in [-0.05, 0) is 54.4 Å². The second-order valence-electron chi connectivity index (χ2n) is 8.03. The lowest BCUT2D eigenvalue weighted by Gasteiger charge is -2.20. The summed E-state index contributed by atoms with van der Waals surface area (Å²) in [6.07, 6.45) is 0.609. The van der Waals surface area contributed by atoms with Crippen LogP contribution in [0.1, 0.15) is 26.3 Å². The molecule has 1 amide bonds. The maximum atomic E-state index is 13.2. The minimum Gasteiger partial charge on any atom is -0.482 e. The van der Waals surface area contributed by atoms with E-state index in [1.165, 1.54) is 40.7 Å². The summed E-state index contributed by atoms with van der Waals surface area (Å²) in [5.74, 6) is -1.21. The molecule has 0 saturated carbocycles. The highest BCUT2D eigenvalue weighted by Gasteiger charge is 2.31. The molecular weight excluding hydrogens is 472 g/mol. The number of anilines is 2. The molecule has 5 rings (SSSR count). The second-order valence-corrected chi connectivity index (χ2v) is 9.89. The molecule has 1 N–H and O–H groups in total. The quantitative estimate of drug-likeness (QED) is 0.415. The van der Waals surface area contributed by atoms with Gasteiger partial charge >= 0.3 is 5.97 Å². The van der Waals surface area contributed by atoms with E-state index in [1.54, 1.807) is 18.2 Å². The van der Waals surface area contributed by atoms with Crippen molar-refractivity contribution in [1.82, 2.24) is 0 Å². The van der Waals surface area contributed by atoms with E-state index >= 15 is 0 Å². The van der Waals surface area contributed by atoms with Crippen LogP contribution in [0.3, 0.4) is 0 Å². The van der Waals surface area contributed by atoms with E-state index in [-0.39, 0.29) is 28.5 Å². The van der Waals surface area contributed by atoms with Gasteiger partial charge in [0.05, 0.1) is 21.8 Å². The predicted octanol–water partition coefficient (Wildman–Crippen LogP) is 2.81. The van der Waals surface area contributed by atoms with Crippen molar-refractivity contribution in [3.05, 3.63) is 83.4 Å². The molecule has 178 valence electrons. The largest absolute Gasteiger partial charge is 0.482 e. The molecule has 0 atom stereocenters. The Morgan fingerprint density at radius 3 is 2.69 bits per heavy atom. The van der Waals surface area contributed by atoms with Crippen molar-refractivity contribution >= 4 is 39.1 Å². The molecule has 2 heterocycles. The molecule has 0 saturated heterocycles. The number of rotatable bonds is 6. The second kappa shape index (κ2) is 8.88. The SMILES string of the molecule is O=C1COc2ccc(C(=O)COC(=O)c3cccc(S(=O)(=O)N4CCc5ccccc54)c3)cc2N1. The van der Waals surface area contributed by atoms with E-state index in [4.69, 9.17) is 9.47 Å². The number of carbonyl (C=O) groups is 3. The summed E-state index contributed by atoms with van der Waals surface area (Å²) in [7, 11) is -3.88. The normalized spacial score (nSPS) is 14.4. The third-order valence-electron chi connectivity index (χ3n) is 5.77. The van der Waals surface area contributed by atoms with Crippen molar-refractivity contribution in [3.8, 4) is 5.75 Å². The number of carbonyl (C=O) groups excluding carboxylic acids is 3. The summed E-state index contributed by atoms with van der Waals surface area (Å²) in [5.41, 5.74) is 2.17. The molecule has 0 radical (unpaired) electrons. The van der Waals surface area contributed by atoms with Gasteiger partial charge in [-0.25, -0.2) is 13.2 Å². The molecule has 0 bridgehead atoms. The molecule has 3 aromatic rings. The highest BCUT2D eigenvalue weighted by molar-refractivity contribution is 7.92. The van der Waals surface area contributed by atoms with Crippen LogP contribution in [0, 0.1) is 0 Å². The van der Waals surface area contributed by atoms with Gasteiger partial charge in [0.1, 0.15) is 5.75 Å². The van der Waals surface area contributed by atoms with Crippen LogP contribution in [-0.4, -0.2) is 45.8 Å². The summed E-state index contributed by atoms with van der Waals surface area (Å²) in [6.45, 7) is -0.336. The summed E-state index contributed by atoms with van der Waals surface area (Å²) in [4.78, 5) is 36.6. The molecule has 2 aliphatic heterocycles. The average Bonchev–Trinajstić information content (AvgIpc) is 3.32. The molecule has 10 heteroatoms. The minimum atomic E-state index is -3.88. The summed E-state index contributed by atoms with van der Waals surface area (Å²) in [5, 5.41) is 2.61. The molecule has 0 unspecified atom stereocenters. The van der Waals surface area contributed by atoms with Gasteiger partial charge in [-0.3, -0.25) is 13.9 Å². The average molecular weight is 493 g/mol. The van der Waals surface area contributed by atoms with Crippen molar-refractivity contribution in [2.75, 3.05) is 29.4 Å². The number of amides is 1. The van der Waals surface area contributed by atoms with Crippen LogP contribution in [0.15, 0.2) is 71.6 Å². The lowest BCUT2D eigenvalue weighted by Crippen LogP contribution is -2.29. The zero-order valence-electron chi connectivity index (χ0n) is 18.4. The Kier molecular flexibility index (Phi) is 5.73. The number of hydrogen-bond donors (Lipinski definition) is 1. The Bertz CT molecular complexity index is 1470. The first kappa shape index (κ1) is 22.6. The van der Waals surface area contributed by atoms with Crippen LogP contribution in [-0.2, 0) is 26.0 Å². The van der Waals surface area contributed by atoms with Gasteiger partial charge in [0.25, 0.3) is 15.9 Å². The van der Waals surface area contributed by atoms with Crippen LogP contribution < -0.4 is 14.4 Å². The number of ketones is 1. The minimum absolute atomic E-state index is 0.0115. The number of para-hydroxylation sites is 1. The number of fused-ring (bicyclic) bond motifs is 2. The van der Waals surface area contributed by atoms with Crippen molar-refractivity contribution in [1.29, 1.82) is 0 Å². The Morgan fingerprint density at radius 2 is 1.83 bits per heavy atom. The Balaban J connectivity index is 1.29. The van der Waals surface area contributed by atoms with E-state index in [1.807, 2.05) is 12.1 Å². The van der Waals surface area contributed by atoms with Crippen LogP contribution in [0.5, 0.6) is 5.75 Å². The van der Waals surface area contributed by atoms with Crippen LogP contribution >= 0.6 is 0 Å². The zero-order valence-corrected chi connectivity index (χ0v) is 19.2. The highest BCUT2D eigenvalue weighted by Crippen LogP contribution is 2.33. The molecule has 0 aromatic heterocycles. The van der Waals surface area contributed by atoms with Gasteiger partial charge in [0.2, 0.25) is 0 Å². The van der Waals surface area contributed by atoms with E-state index in [0.29, 0.717) is 30.1 Å². The maximum absolute atomic E-state index is 13.2. The topological polar surface area (TPSA) is 119 Å². The van der Waals surface area contributed by atoms with Crippen LogP contribution in [0.2, 0.25) is 0 Å². The molecule has 0 aliphatic carbocycles. The smallest absolute Gasteiger partial charge is 0.338 e. The van der Waals surface area contributed by atoms with Gasteiger partial charge < -0.3 is 14.8 Å². The molecule has 3 aromatic carbocycles. The maximum Gasteiger partial charge on any atom is 0.338 e. The molecule has 9 nitrogen and oxygen atoms in total. The van der Waals surface area contributed by atoms with Crippen molar-refractivity contribution in [3.63, 3.8) is 0 Å². The number of benzene rings is 3. The number of esters is 1. The van der Waals surface area contributed by atoms with Crippen molar-refractivity contribution in [2.24, 2.45) is 0 Å². The van der Waals surface area contributed by atoms with Gasteiger partial charge in [-0.2, -0.15) is 0 Å². The van der Waals surface area contributed by atoms with Crippen molar-refractivity contribution in [2.45, 2.75) is 11.3 Å². The Hall–Kier alpha value is -4.18. The molecule has 35 heavy (non-hydrogen) atoms. The number of ether oxygens (including phenoxy) is 2. The van der Waals surface area contributed by atoms with E-state index in [0.717, 1.165) is 5.56 Å². The first-order chi connectivity index (χ1) is 16.8. The summed E-state index contributed by atoms with van der Waals surface area (Å²) < 4.78 is 38.2. The number of Topliss-reactive ketones (excluding diaryl/α,β-unsaturated/α-hetero) is 1. The Labute approximate surface area is 201 Å². The van der Waals surface area contributed by atoms with E-state index in [2.05, 4.69) is 5.32 Å². The van der Waals surface area contributed by atoms with Crippen molar-refractivity contribution < 1.29 is 32.3 Å². The zero-order chi connectivity index (χ0) is 24.6. The highest BCUT2D eigenvalue weighted by atomic mass is 32.2. The fourth-order valence-electron chi connectivity index (χ4n) is 4.02. The van der Waals surface area contributed by atoms with Gasteiger partial charge in [-0.1, -0.05) is 24.3 Å². The number of hydrogen-bond acceptors (Lipinski definition) is 7.